The molecular weight excluding hydrogens is 323 g/mol. The van der Waals surface area contributed by atoms with Gasteiger partial charge in [0.1, 0.15) is 11.6 Å². The highest BCUT2D eigenvalue weighted by atomic mass is 19.1. The number of aromatic nitrogens is 4. The van der Waals surface area contributed by atoms with Crippen molar-refractivity contribution in [1.82, 2.24) is 19.7 Å². The lowest BCUT2D eigenvalue weighted by molar-refractivity contribution is 0.101. The summed E-state index contributed by atoms with van der Waals surface area (Å²) in [6.07, 6.45) is 4.07. The Labute approximate surface area is 143 Å². The predicted molar refractivity (Wildman–Crippen MR) is 92.1 cm³/mol. The molecule has 2 aromatic heterocycles. The molecule has 0 atom stereocenters. The smallest absolute Gasteiger partial charge is 0.293 e. The van der Waals surface area contributed by atoms with Crippen LogP contribution in [0.25, 0.3) is 11.0 Å². The van der Waals surface area contributed by atoms with Gasteiger partial charge in [0, 0.05) is 32.0 Å². The average molecular weight is 340 g/mol. The fraction of sp³-hybridized carbons (Fsp3) is 0.294. The Bertz CT molecular complexity index is 930. The van der Waals surface area contributed by atoms with Gasteiger partial charge >= 0.3 is 0 Å². The maximum absolute atomic E-state index is 13.0. The zero-order chi connectivity index (χ0) is 17.4. The lowest BCUT2D eigenvalue weighted by atomic mass is 10.3. The van der Waals surface area contributed by atoms with Gasteiger partial charge < -0.3 is 10.2 Å². The molecule has 0 saturated carbocycles. The minimum absolute atomic E-state index is 0.0532. The van der Waals surface area contributed by atoms with Crippen molar-refractivity contribution in [3.63, 3.8) is 0 Å². The molecule has 0 radical (unpaired) electrons. The number of benzene rings is 1. The van der Waals surface area contributed by atoms with Gasteiger partial charge in [0.2, 0.25) is 5.82 Å². The average Bonchev–Trinajstić information content (AvgIpc) is 3.24. The van der Waals surface area contributed by atoms with Crippen LogP contribution in [-0.4, -0.2) is 38.7 Å². The topological polar surface area (TPSA) is 75.9 Å². The Morgan fingerprint density at radius 1 is 1.16 bits per heavy atom. The zero-order valence-corrected chi connectivity index (χ0v) is 13.7. The number of aryl methyl sites for hydroxylation is 1. The van der Waals surface area contributed by atoms with Gasteiger partial charge in [-0.3, -0.25) is 9.48 Å². The van der Waals surface area contributed by atoms with E-state index in [2.05, 4.69) is 25.3 Å². The number of amides is 1. The van der Waals surface area contributed by atoms with E-state index >= 15 is 0 Å². The van der Waals surface area contributed by atoms with Gasteiger partial charge in [-0.05, 0) is 37.1 Å². The minimum atomic E-state index is -0.445. The summed E-state index contributed by atoms with van der Waals surface area (Å²) in [5, 5.41) is 7.84. The van der Waals surface area contributed by atoms with Gasteiger partial charge in [0.15, 0.2) is 5.65 Å². The molecule has 128 valence electrons. The van der Waals surface area contributed by atoms with E-state index in [0.29, 0.717) is 11.3 Å². The second kappa shape index (κ2) is 6.12. The third-order valence-electron chi connectivity index (χ3n) is 4.18. The number of carbonyl (C=O) groups is 1. The number of nitrogens with zero attached hydrogens (tertiary/aromatic N) is 5. The van der Waals surface area contributed by atoms with Gasteiger partial charge in [0.05, 0.1) is 5.39 Å². The van der Waals surface area contributed by atoms with E-state index in [-0.39, 0.29) is 11.6 Å². The standard InChI is InChI=1S/C17H17FN6O/c1-23-10-13-14(22-23)20-15(21-16(13)24-8-2-3-9-24)17(25)19-12-6-4-11(18)5-7-12/h4-7,10H,2-3,8-9H2,1H3,(H,19,25). The second-order valence-corrected chi connectivity index (χ2v) is 6.07. The third-order valence-corrected chi connectivity index (χ3v) is 4.18. The number of hydrogen-bond acceptors (Lipinski definition) is 5. The summed E-state index contributed by atoms with van der Waals surface area (Å²) in [6.45, 7) is 1.81. The summed E-state index contributed by atoms with van der Waals surface area (Å²) in [7, 11) is 1.81. The molecular formula is C17H17FN6O. The van der Waals surface area contributed by atoms with Crippen LogP contribution < -0.4 is 10.2 Å². The Morgan fingerprint density at radius 2 is 1.88 bits per heavy atom. The summed E-state index contributed by atoms with van der Waals surface area (Å²) in [5.41, 5.74) is 0.975. The first kappa shape index (κ1) is 15.5. The van der Waals surface area contributed by atoms with Crippen molar-refractivity contribution in [1.29, 1.82) is 0 Å². The van der Waals surface area contributed by atoms with Crippen molar-refractivity contribution in [2.24, 2.45) is 7.05 Å². The molecule has 1 fully saturated rings. The molecule has 1 aliphatic heterocycles. The van der Waals surface area contributed by atoms with Crippen LogP contribution in [0.15, 0.2) is 30.5 Å². The molecule has 1 N–H and O–H groups in total. The Hall–Kier alpha value is -3.03. The molecule has 0 bridgehead atoms. The van der Waals surface area contributed by atoms with Crippen LogP contribution in [0.2, 0.25) is 0 Å². The normalized spacial score (nSPS) is 14.2. The van der Waals surface area contributed by atoms with Crippen molar-refractivity contribution in [3.05, 3.63) is 42.1 Å². The number of halogens is 1. The molecule has 1 aromatic carbocycles. The summed E-state index contributed by atoms with van der Waals surface area (Å²) in [5.74, 6) is -0.0163. The number of carbonyl (C=O) groups excluding carboxylic acids is 1. The van der Waals surface area contributed by atoms with Crippen molar-refractivity contribution >= 4 is 28.4 Å². The van der Waals surface area contributed by atoms with Crippen molar-refractivity contribution in [3.8, 4) is 0 Å². The summed E-state index contributed by atoms with van der Waals surface area (Å²) >= 11 is 0. The molecule has 3 aromatic rings. The first-order chi connectivity index (χ1) is 12.1. The summed E-state index contributed by atoms with van der Waals surface area (Å²) < 4.78 is 14.7. The molecule has 0 unspecified atom stereocenters. The largest absolute Gasteiger partial charge is 0.356 e. The van der Waals surface area contributed by atoms with E-state index in [4.69, 9.17) is 0 Å². The number of rotatable bonds is 3. The van der Waals surface area contributed by atoms with Crippen molar-refractivity contribution < 1.29 is 9.18 Å². The highest BCUT2D eigenvalue weighted by molar-refractivity contribution is 6.03. The van der Waals surface area contributed by atoms with E-state index in [1.54, 1.807) is 4.68 Å². The first-order valence-corrected chi connectivity index (χ1v) is 8.13. The maximum atomic E-state index is 13.0. The van der Waals surface area contributed by atoms with Crippen LogP contribution in [0.1, 0.15) is 23.5 Å². The maximum Gasteiger partial charge on any atom is 0.293 e. The molecule has 1 amide bonds. The molecule has 7 nitrogen and oxygen atoms in total. The molecule has 8 heteroatoms. The van der Waals surface area contributed by atoms with Crippen LogP contribution in [0.4, 0.5) is 15.9 Å². The van der Waals surface area contributed by atoms with Crippen LogP contribution in [0, 0.1) is 5.82 Å². The van der Waals surface area contributed by atoms with Gasteiger partial charge in [-0.25, -0.2) is 14.4 Å². The molecule has 0 aliphatic carbocycles. The predicted octanol–water partition coefficient (Wildman–Crippen LogP) is 2.35. The quantitative estimate of drug-likeness (QED) is 0.792. The van der Waals surface area contributed by atoms with E-state index < -0.39 is 5.91 Å². The fourth-order valence-electron chi connectivity index (χ4n) is 2.99. The molecule has 0 spiro atoms. The molecule has 4 rings (SSSR count). The van der Waals surface area contributed by atoms with Crippen LogP contribution >= 0.6 is 0 Å². The van der Waals surface area contributed by atoms with E-state index in [0.717, 1.165) is 37.1 Å². The lowest BCUT2D eigenvalue weighted by Gasteiger charge is -2.17. The van der Waals surface area contributed by atoms with Crippen LogP contribution in [-0.2, 0) is 7.05 Å². The Morgan fingerprint density at radius 3 is 2.60 bits per heavy atom. The van der Waals surface area contributed by atoms with E-state index in [9.17, 15) is 9.18 Å². The van der Waals surface area contributed by atoms with Gasteiger partial charge in [-0.2, -0.15) is 5.10 Å². The van der Waals surface area contributed by atoms with Crippen LogP contribution in [0.5, 0.6) is 0 Å². The van der Waals surface area contributed by atoms with Crippen molar-refractivity contribution in [2.75, 3.05) is 23.3 Å². The number of fused-ring (bicyclic) bond motifs is 1. The lowest BCUT2D eigenvalue weighted by Crippen LogP contribution is -2.22. The number of nitrogens with one attached hydrogen (secondary N) is 1. The number of anilines is 2. The van der Waals surface area contributed by atoms with Gasteiger partial charge in [-0.1, -0.05) is 0 Å². The number of hydrogen-bond donors (Lipinski definition) is 1. The Balaban J connectivity index is 1.71. The minimum Gasteiger partial charge on any atom is -0.356 e. The van der Waals surface area contributed by atoms with Crippen molar-refractivity contribution in [2.45, 2.75) is 12.8 Å². The Kier molecular flexibility index (Phi) is 3.79. The molecule has 3 heterocycles. The molecule has 1 aliphatic rings. The highest BCUT2D eigenvalue weighted by Crippen LogP contribution is 2.26. The van der Waals surface area contributed by atoms with E-state index in [1.165, 1.54) is 24.3 Å². The second-order valence-electron chi connectivity index (χ2n) is 6.07. The van der Waals surface area contributed by atoms with Gasteiger partial charge in [-0.15, -0.1) is 0 Å². The van der Waals surface area contributed by atoms with E-state index in [1.807, 2.05) is 13.2 Å². The summed E-state index contributed by atoms with van der Waals surface area (Å²) in [6, 6.07) is 5.56. The fourth-order valence-corrected chi connectivity index (χ4v) is 2.99. The molecule has 1 saturated heterocycles. The third kappa shape index (κ3) is 3.02. The highest BCUT2D eigenvalue weighted by Gasteiger charge is 2.22. The monoisotopic (exact) mass is 340 g/mol. The van der Waals surface area contributed by atoms with Gasteiger partial charge in [0.25, 0.3) is 5.91 Å². The van der Waals surface area contributed by atoms with Crippen LogP contribution in [0.3, 0.4) is 0 Å². The summed E-state index contributed by atoms with van der Waals surface area (Å²) in [4.78, 5) is 23.5. The zero-order valence-electron chi connectivity index (χ0n) is 13.7. The molecule has 25 heavy (non-hydrogen) atoms. The first-order valence-electron chi connectivity index (χ1n) is 8.13. The SMILES string of the molecule is Cn1cc2c(N3CCCC3)nc(C(=O)Nc3ccc(F)cc3)nc2n1.